The molecular weight excluding hydrogens is 484 g/mol. The summed E-state index contributed by atoms with van der Waals surface area (Å²) in [5.74, 6) is 0.828. The van der Waals surface area contributed by atoms with Crippen molar-refractivity contribution in [2.75, 3.05) is 19.5 Å². The molecule has 0 bridgehead atoms. The fourth-order valence-corrected chi connectivity index (χ4v) is 6.66. The largest absolute Gasteiger partial charge is 0.469 e. The van der Waals surface area contributed by atoms with Crippen LogP contribution in [-0.4, -0.2) is 36.8 Å². The summed E-state index contributed by atoms with van der Waals surface area (Å²) in [4.78, 5) is 12.0. The molecule has 0 radical (unpaired) electrons. The molecule has 0 spiro atoms. The Balaban J connectivity index is 1.47. The predicted molar refractivity (Wildman–Crippen MR) is 148 cm³/mol. The van der Waals surface area contributed by atoms with Crippen LogP contribution in [0.4, 0.5) is 0 Å². The van der Waals surface area contributed by atoms with E-state index in [1.54, 1.807) is 0 Å². The average molecular weight is 527 g/mol. The molecule has 1 saturated carbocycles. The number of methoxy groups -OCH3 is 1. The van der Waals surface area contributed by atoms with Crippen LogP contribution in [0, 0.1) is 5.41 Å². The summed E-state index contributed by atoms with van der Waals surface area (Å²) in [5.41, 5.74) is 3.80. The van der Waals surface area contributed by atoms with Crippen molar-refractivity contribution in [1.29, 1.82) is 0 Å². The molecular formula is C31H42O5S. The Labute approximate surface area is 226 Å². The summed E-state index contributed by atoms with van der Waals surface area (Å²) in [7, 11) is 1.47. The number of ether oxygens (including phenoxy) is 3. The van der Waals surface area contributed by atoms with E-state index in [0.717, 1.165) is 68.4 Å². The Bertz CT molecular complexity index is 1020. The number of aryl methyl sites for hydroxylation is 1. The van der Waals surface area contributed by atoms with Gasteiger partial charge in [-0.1, -0.05) is 48.5 Å². The van der Waals surface area contributed by atoms with Crippen LogP contribution in [0.3, 0.4) is 0 Å². The number of benzene rings is 2. The fourth-order valence-electron chi connectivity index (χ4n) is 5.09. The summed E-state index contributed by atoms with van der Waals surface area (Å²) < 4.78 is 16.8. The highest BCUT2D eigenvalue weighted by molar-refractivity contribution is 7.99. The lowest BCUT2D eigenvalue weighted by atomic mass is 9.90. The van der Waals surface area contributed by atoms with Crippen LogP contribution in [0.5, 0.6) is 0 Å². The molecule has 2 aromatic carbocycles. The second-order valence-electron chi connectivity index (χ2n) is 11.2. The van der Waals surface area contributed by atoms with E-state index < -0.39 is 5.60 Å². The third-order valence-electron chi connectivity index (χ3n) is 7.54. The van der Waals surface area contributed by atoms with Crippen LogP contribution in [0.25, 0.3) is 0 Å². The molecule has 1 saturated heterocycles. The van der Waals surface area contributed by atoms with Crippen molar-refractivity contribution in [2.45, 2.75) is 89.0 Å². The zero-order valence-corrected chi connectivity index (χ0v) is 23.4. The Morgan fingerprint density at radius 2 is 2.00 bits per heavy atom. The first kappa shape index (κ1) is 28.2. The summed E-state index contributed by atoms with van der Waals surface area (Å²) in [6, 6.07) is 16.9. The Hall–Kier alpha value is -1.86. The summed E-state index contributed by atoms with van der Waals surface area (Å²) in [5, 5.41) is 11.0. The minimum Gasteiger partial charge on any atom is -0.469 e. The smallest absolute Gasteiger partial charge is 0.306 e. The van der Waals surface area contributed by atoms with E-state index in [1.165, 1.54) is 18.2 Å². The highest BCUT2D eigenvalue weighted by atomic mass is 32.2. The SMILES string of the molecule is COC(=O)CC1(CS[C@H](CCc2ccccc2C(C)(C)O)c2cccc(COC3CCCCO3)c2)CC1. The monoisotopic (exact) mass is 526 g/mol. The summed E-state index contributed by atoms with van der Waals surface area (Å²) in [6.45, 7) is 5.02. The molecule has 6 heteroatoms. The van der Waals surface area contributed by atoms with Crippen molar-refractivity contribution in [3.05, 3.63) is 70.8 Å². The van der Waals surface area contributed by atoms with Gasteiger partial charge in [0, 0.05) is 17.6 Å². The minimum absolute atomic E-state index is 0.0695. The zero-order chi connectivity index (χ0) is 26.3. The van der Waals surface area contributed by atoms with Crippen LogP contribution >= 0.6 is 11.8 Å². The standard InChI is InChI=1S/C31H42O5S/c1-30(2,33)26-12-5-4-10-24(26)14-15-27(37-22-31(16-17-31)20-28(32)34-3)25-11-8-9-23(19-25)21-36-29-13-6-7-18-35-29/h4-5,8-12,19,27,29,33H,6-7,13-18,20-22H2,1-3H3/t27-,29?/m1/s1. The third-order valence-corrected chi connectivity index (χ3v) is 9.23. The maximum Gasteiger partial charge on any atom is 0.306 e. The highest BCUT2D eigenvalue weighted by Gasteiger charge is 2.45. The topological polar surface area (TPSA) is 65.0 Å². The Morgan fingerprint density at radius 3 is 2.70 bits per heavy atom. The molecule has 0 aromatic heterocycles. The molecule has 1 aliphatic heterocycles. The lowest BCUT2D eigenvalue weighted by Gasteiger charge is -2.25. The molecule has 5 nitrogen and oxygen atoms in total. The Kier molecular flexibility index (Phi) is 9.73. The molecule has 1 heterocycles. The van der Waals surface area contributed by atoms with Gasteiger partial charge in [-0.25, -0.2) is 0 Å². The van der Waals surface area contributed by atoms with Gasteiger partial charge in [-0.15, -0.1) is 0 Å². The number of hydrogen-bond donors (Lipinski definition) is 1. The molecule has 4 rings (SSSR count). The van der Waals surface area contributed by atoms with Gasteiger partial charge in [-0.05, 0) is 86.5 Å². The van der Waals surface area contributed by atoms with Gasteiger partial charge >= 0.3 is 5.97 Å². The van der Waals surface area contributed by atoms with Gasteiger partial charge in [-0.2, -0.15) is 11.8 Å². The van der Waals surface area contributed by atoms with Crippen molar-refractivity contribution in [3.63, 3.8) is 0 Å². The van der Waals surface area contributed by atoms with E-state index in [1.807, 2.05) is 43.8 Å². The molecule has 0 amide bonds. The van der Waals surface area contributed by atoms with Crippen molar-refractivity contribution < 1.29 is 24.1 Å². The molecule has 2 aliphatic rings. The average Bonchev–Trinajstić information content (AvgIpc) is 3.67. The van der Waals surface area contributed by atoms with Crippen LogP contribution in [0.2, 0.25) is 0 Å². The van der Waals surface area contributed by atoms with Crippen LogP contribution in [0.15, 0.2) is 48.5 Å². The van der Waals surface area contributed by atoms with E-state index in [0.29, 0.717) is 13.0 Å². The van der Waals surface area contributed by atoms with Crippen molar-refractivity contribution in [3.8, 4) is 0 Å². The van der Waals surface area contributed by atoms with Crippen LogP contribution in [0.1, 0.15) is 86.3 Å². The van der Waals surface area contributed by atoms with Gasteiger partial charge in [0.2, 0.25) is 0 Å². The van der Waals surface area contributed by atoms with E-state index in [9.17, 15) is 9.90 Å². The van der Waals surface area contributed by atoms with Gasteiger partial charge in [-0.3, -0.25) is 4.79 Å². The minimum atomic E-state index is -0.879. The first-order valence-corrected chi connectivity index (χ1v) is 14.6. The number of rotatable bonds is 13. The van der Waals surface area contributed by atoms with Gasteiger partial charge in [0.05, 0.1) is 25.7 Å². The number of carbonyl (C=O) groups is 1. The van der Waals surface area contributed by atoms with Gasteiger partial charge in [0.15, 0.2) is 6.29 Å². The van der Waals surface area contributed by atoms with Gasteiger partial charge in [0.25, 0.3) is 0 Å². The van der Waals surface area contributed by atoms with Crippen molar-refractivity contribution >= 4 is 17.7 Å². The molecule has 1 aliphatic carbocycles. The second-order valence-corrected chi connectivity index (χ2v) is 12.4. The van der Waals surface area contributed by atoms with E-state index >= 15 is 0 Å². The number of carbonyl (C=O) groups excluding carboxylic acids is 1. The van der Waals surface area contributed by atoms with E-state index in [-0.39, 0.29) is 22.9 Å². The number of thioether (sulfide) groups is 1. The third kappa shape index (κ3) is 8.31. The molecule has 202 valence electrons. The van der Waals surface area contributed by atoms with Gasteiger partial charge in [0.1, 0.15) is 0 Å². The number of hydrogen-bond acceptors (Lipinski definition) is 6. The lowest BCUT2D eigenvalue weighted by molar-refractivity contribution is -0.168. The molecule has 37 heavy (non-hydrogen) atoms. The normalized spacial score (nSPS) is 19.8. The van der Waals surface area contributed by atoms with E-state index in [2.05, 4.69) is 30.3 Å². The van der Waals surface area contributed by atoms with E-state index in [4.69, 9.17) is 14.2 Å². The second kappa shape index (κ2) is 12.8. The van der Waals surface area contributed by atoms with Crippen molar-refractivity contribution in [2.24, 2.45) is 5.41 Å². The van der Waals surface area contributed by atoms with Crippen LogP contribution in [-0.2, 0) is 37.6 Å². The number of esters is 1. The highest BCUT2D eigenvalue weighted by Crippen LogP contribution is 2.53. The molecule has 1 N–H and O–H groups in total. The van der Waals surface area contributed by atoms with Crippen LogP contribution < -0.4 is 0 Å². The predicted octanol–water partition coefficient (Wildman–Crippen LogP) is 6.71. The zero-order valence-electron chi connectivity index (χ0n) is 22.5. The summed E-state index contributed by atoms with van der Waals surface area (Å²) in [6.07, 6.45) is 7.61. The first-order valence-electron chi connectivity index (χ1n) is 13.6. The maximum absolute atomic E-state index is 12.0. The molecule has 2 fully saturated rings. The molecule has 2 aromatic rings. The first-order chi connectivity index (χ1) is 17.8. The van der Waals surface area contributed by atoms with Gasteiger partial charge < -0.3 is 19.3 Å². The lowest BCUT2D eigenvalue weighted by Crippen LogP contribution is -2.22. The van der Waals surface area contributed by atoms with Crippen molar-refractivity contribution in [1.82, 2.24) is 0 Å². The summed E-state index contributed by atoms with van der Waals surface area (Å²) >= 11 is 1.95. The Morgan fingerprint density at radius 1 is 1.19 bits per heavy atom. The molecule has 1 unspecified atom stereocenters. The maximum atomic E-state index is 12.0. The molecule has 2 atom stereocenters. The fraction of sp³-hybridized carbons (Fsp3) is 0.581. The quantitative estimate of drug-likeness (QED) is 0.293. The number of aliphatic hydroxyl groups is 1.